The molecule has 1 saturated heterocycles. The van der Waals surface area contributed by atoms with Crippen molar-refractivity contribution in [3.05, 3.63) is 35.4 Å². The Kier molecular flexibility index (Phi) is 5.36. The predicted molar refractivity (Wildman–Crippen MR) is 93.7 cm³/mol. The quantitative estimate of drug-likeness (QED) is 0.803. The van der Waals surface area contributed by atoms with Gasteiger partial charge in [0.1, 0.15) is 6.54 Å². The third-order valence-electron chi connectivity index (χ3n) is 4.67. The molecule has 2 aromatic rings. The van der Waals surface area contributed by atoms with Gasteiger partial charge in [-0.05, 0) is 13.8 Å². The molecule has 0 saturated carbocycles. The Balaban J connectivity index is 1.50. The van der Waals surface area contributed by atoms with Crippen LogP contribution in [-0.2, 0) is 24.4 Å². The van der Waals surface area contributed by atoms with Crippen LogP contribution >= 0.6 is 0 Å². The van der Waals surface area contributed by atoms with Gasteiger partial charge in [0.15, 0.2) is 0 Å². The number of aryl methyl sites for hydroxylation is 2. The van der Waals surface area contributed by atoms with Crippen molar-refractivity contribution in [1.29, 1.82) is 0 Å². The summed E-state index contributed by atoms with van der Waals surface area (Å²) in [7, 11) is 0. The van der Waals surface area contributed by atoms with Crippen LogP contribution in [-0.4, -0.2) is 72.5 Å². The molecule has 0 radical (unpaired) electrons. The molecule has 1 aliphatic rings. The molecule has 9 nitrogen and oxygen atoms in total. The van der Waals surface area contributed by atoms with E-state index in [1.807, 2.05) is 11.6 Å². The molecule has 0 atom stereocenters. The van der Waals surface area contributed by atoms with Gasteiger partial charge < -0.3 is 10.0 Å². The molecular weight excluding hydrogens is 336 g/mol. The van der Waals surface area contributed by atoms with Gasteiger partial charge in [-0.25, -0.2) is 4.79 Å². The number of rotatable bonds is 6. The van der Waals surface area contributed by atoms with E-state index in [-0.39, 0.29) is 18.0 Å². The van der Waals surface area contributed by atoms with Crippen LogP contribution in [0, 0.1) is 6.92 Å². The van der Waals surface area contributed by atoms with Crippen LogP contribution in [0.3, 0.4) is 0 Å². The lowest BCUT2D eigenvalue weighted by molar-refractivity contribution is -0.133. The van der Waals surface area contributed by atoms with Crippen molar-refractivity contribution < 1.29 is 14.7 Å². The van der Waals surface area contributed by atoms with Crippen molar-refractivity contribution in [1.82, 2.24) is 29.4 Å². The lowest BCUT2D eigenvalue weighted by Gasteiger charge is -2.34. The number of amides is 1. The summed E-state index contributed by atoms with van der Waals surface area (Å²) >= 11 is 0. The summed E-state index contributed by atoms with van der Waals surface area (Å²) in [4.78, 5) is 27.4. The van der Waals surface area contributed by atoms with Gasteiger partial charge in [-0.15, -0.1) is 0 Å². The highest BCUT2D eigenvalue weighted by Crippen LogP contribution is 2.12. The second-order valence-electron chi connectivity index (χ2n) is 6.48. The number of carboxylic acids is 1. The minimum absolute atomic E-state index is 0.0420. The summed E-state index contributed by atoms with van der Waals surface area (Å²) in [6.45, 7) is 8.80. The molecule has 0 aromatic carbocycles. The Morgan fingerprint density at radius 2 is 1.88 bits per heavy atom. The van der Waals surface area contributed by atoms with Crippen molar-refractivity contribution in [2.75, 3.05) is 26.2 Å². The maximum Gasteiger partial charge on any atom is 0.338 e. The monoisotopic (exact) mass is 360 g/mol. The van der Waals surface area contributed by atoms with E-state index in [2.05, 4.69) is 28.2 Å². The lowest BCUT2D eigenvalue weighted by Crippen LogP contribution is -2.49. The Bertz CT molecular complexity index is 788. The van der Waals surface area contributed by atoms with E-state index in [9.17, 15) is 9.59 Å². The molecule has 0 bridgehead atoms. The molecule has 1 amide bonds. The van der Waals surface area contributed by atoms with Crippen LogP contribution in [0.25, 0.3) is 0 Å². The number of piperazine rings is 1. The summed E-state index contributed by atoms with van der Waals surface area (Å²) in [5, 5.41) is 17.3. The van der Waals surface area contributed by atoms with Gasteiger partial charge in [-0.1, -0.05) is 0 Å². The van der Waals surface area contributed by atoms with Crippen molar-refractivity contribution >= 4 is 11.9 Å². The average Bonchev–Trinajstić information content (AvgIpc) is 3.22. The Morgan fingerprint density at radius 3 is 2.46 bits per heavy atom. The number of carbonyl (C=O) groups is 2. The molecule has 3 heterocycles. The summed E-state index contributed by atoms with van der Waals surface area (Å²) in [6.07, 6.45) is 4.72. The minimum atomic E-state index is -1.04. The molecule has 1 N–H and O–H groups in total. The van der Waals surface area contributed by atoms with Crippen LogP contribution in [0.4, 0.5) is 0 Å². The van der Waals surface area contributed by atoms with Gasteiger partial charge in [0.25, 0.3) is 0 Å². The maximum absolute atomic E-state index is 12.4. The SMILES string of the molecule is CCn1cc(CN2CCN(C(=O)Cn3cc(C(=O)O)cn3)CC2)c(C)n1. The van der Waals surface area contributed by atoms with Crippen molar-refractivity contribution in [2.24, 2.45) is 0 Å². The van der Waals surface area contributed by atoms with Crippen LogP contribution in [0.15, 0.2) is 18.6 Å². The van der Waals surface area contributed by atoms with Gasteiger partial charge in [0.2, 0.25) is 5.91 Å². The second kappa shape index (κ2) is 7.69. The molecule has 0 spiro atoms. The largest absolute Gasteiger partial charge is 0.478 e. The first-order valence-electron chi connectivity index (χ1n) is 8.75. The Hall–Kier alpha value is -2.68. The normalized spacial score (nSPS) is 15.4. The molecule has 9 heteroatoms. The zero-order valence-corrected chi connectivity index (χ0v) is 15.1. The van der Waals surface area contributed by atoms with Gasteiger partial charge in [-0.3, -0.25) is 19.1 Å². The zero-order chi connectivity index (χ0) is 18.7. The fraction of sp³-hybridized carbons (Fsp3) is 0.529. The maximum atomic E-state index is 12.4. The first-order chi connectivity index (χ1) is 12.5. The minimum Gasteiger partial charge on any atom is -0.478 e. The van der Waals surface area contributed by atoms with Crippen LogP contribution < -0.4 is 0 Å². The summed E-state index contributed by atoms with van der Waals surface area (Å²) in [6, 6.07) is 0. The molecule has 140 valence electrons. The van der Waals surface area contributed by atoms with E-state index in [4.69, 9.17) is 5.11 Å². The molecule has 1 aliphatic heterocycles. The molecule has 3 rings (SSSR count). The zero-order valence-electron chi connectivity index (χ0n) is 15.1. The fourth-order valence-electron chi connectivity index (χ4n) is 3.07. The number of nitrogens with zero attached hydrogens (tertiary/aromatic N) is 6. The van der Waals surface area contributed by atoms with E-state index < -0.39 is 5.97 Å². The summed E-state index contributed by atoms with van der Waals surface area (Å²) in [5.41, 5.74) is 2.37. The molecule has 2 aromatic heterocycles. The van der Waals surface area contributed by atoms with Crippen molar-refractivity contribution in [3.63, 3.8) is 0 Å². The van der Waals surface area contributed by atoms with Gasteiger partial charge in [0, 0.05) is 57.2 Å². The van der Waals surface area contributed by atoms with Crippen molar-refractivity contribution in [3.8, 4) is 0 Å². The van der Waals surface area contributed by atoms with E-state index in [1.54, 1.807) is 4.90 Å². The number of carbonyl (C=O) groups excluding carboxylic acids is 1. The first kappa shape index (κ1) is 18.1. The number of hydrogen-bond donors (Lipinski definition) is 1. The van der Waals surface area contributed by atoms with E-state index in [1.165, 1.54) is 22.6 Å². The highest BCUT2D eigenvalue weighted by molar-refractivity contribution is 5.87. The Labute approximate surface area is 151 Å². The first-order valence-corrected chi connectivity index (χ1v) is 8.75. The third kappa shape index (κ3) is 4.10. The standard InChI is InChI=1S/C17H24N6O3/c1-3-22-11-15(13(2)19-22)9-20-4-6-21(7-5-20)16(24)12-23-10-14(8-18-23)17(25)26/h8,10-11H,3-7,9,12H2,1-2H3,(H,25,26). The van der Waals surface area contributed by atoms with E-state index in [0.717, 1.165) is 31.9 Å². The number of carboxylic acid groups (broad SMARTS) is 1. The topological polar surface area (TPSA) is 96.5 Å². The van der Waals surface area contributed by atoms with E-state index >= 15 is 0 Å². The van der Waals surface area contributed by atoms with E-state index in [0.29, 0.717) is 13.1 Å². The number of aromatic carboxylic acids is 1. The summed E-state index contributed by atoms with van der Waals surface area (Å²) in [5.74, 6) is -1.08. The molecular formula is C17H24N6O3. The highest BCUT2D eigenvalue weighted by Gasteiger charge is 2.22. The van der Waals surface area contributed by atoms with Crippen molar-refractivity contribution in [2.45, 2.75) is 33.5 Å². The van der Waals surface area contributed by atoms with Gasteiger partial charge in [-0.2, -0.15) is 10.2 Å². The highest BCUT2D eigenvalue weighted by atomic mass is 16.4. The molecule has 0 unspecified atom stereocenters. The molecule has 1 fully saturated rings. The summed E-state index contributed by atoms with van der Waals surface area (Å²) < 4.78 is 3.32. The van der Waals surface area contributed by atoms with Gasteiger partial charge >= 0.3 is 5.97 Å². The predicted octanol–water partition coefficient (Wildman–Crippen LogP) is 0.451. The number of hydrogen-bond acceptors (Lipinski definition) is 5. The van der Waals surface area contributed by atoms with Gasteiger partial charge in [0.05, 0.1) is 17.5 Å². The lowest BCUT2D eigenvalue weighted by atomic mass is 10.2. The van der Waals surface area contributed by atoms with Crippen LogP contribution in [0.2, 0.25) is 0 Å². The molecule has 0 aliphatic carbocycles. The second-order valence-corrected chi connectivity index (χ2v) is 6.48. The third-order valence-corrected chi connectivity index (χ3v) is 4.67. The molecule has 26 heavy (non-hydrogen) atoms. The number of aromatic nitrogens is 4. The average molecular weight is 360 g/mol. The smallest absolute Gasteiger partial charge is 0.338 e. The van der Waals surface area contributed by atoms with Crippen LogP contribution in [0.5, 0.6) is 0 Å². The Morgan fingerprint density at radius 1 is 1.15 bits per heavy atom. The van der Waals surface area contributed by atoms with Crippen LogP contribution in [0.1, 0.15) is 28.5 Å². The fourth-order valence-corrected chi connectivity index (χ4v) is 3.07.